The normalized spacial score (nSPS) is 22.4. The van der Waals surface area contributed by atoms with Crippen LogP contribution in [0.4, 0.5) is 5.69 Å². The van der Waals surface area contributed by atoms with Crippen molar-refractivity contribution in [2.24, 2.45) is 5.92 Å². The van der Waals surface area contributed by atoms with Crippen molar-refractivity contribution < 1.29 is 4.79 Å². The number of hydrogen-bond acceptors (Lipinski definition) is 2. The van der Waals surface area contributed by atoms with Gasteiger partial charge in [0.1, 0.15) is 0 Å². The summed E-state index contributed by atoms with van der Waals surface area (Å²) in [6.45, 7) is 2.29. The van der Waals surface area contributed by atoms with Gasteiger partial charge in [0.2, 0.25) is 0 Å². The zero-order valence-electron chi connectivity index (χ0n) is 11.6. The molecule has 0 saturated heterocycles. The van der Waals surface area contributed by atoms with Gasteiger partial charge in [-0.3, -0.25) is 4.79 Å². The van der Waals surface area contributed by atoms with Crippen LogP contribution in [0.2, 0.25) is 0 Å². The molecule has 0 heterocycles. The Morgan fingerprint density at radius 1 is 1.16 bits per heavy atom. The monoisotopic (exact) mass is 282 g/mol. The lowest BCUT2D eigenvalue weighted by Crippen LogP contribution is -2.39. The molecule has 1 aliphatic carbocycles. The van der Waals surface area contributed by atoms with Gasteiger partial charge in [0, 0.05) is 24.3 Å². The molecule has 106 valence electrons. The molecule has 1 aromatic carbocycles. The third-order valence-corrected chi connectivity index (χ3v) is 4.01. The molecular formula is C15H23ClN2O. The number of nitrogens with zero attached hydrogens (tertiary/aromatic N) is 1. The van der Waals surface area contributed by atoms with Crippen molar-refractivity contribution in [3.8, 4) is 0 Å². The molecule has 2 rings (SSSR count). The fraction of sp³-hybridized carbons (Fsp3) is 0.533. The number of rotatable bonds is 2. The zero-order valence-corrected chi connectivity index (χ0v) is 12.5. The van der Waals surface area contributed by atoms with Crippen molar-refractivity contribution in [3.05, 3.63) is 29.8 Å². The number of carbonyl (C=O) groups is 1. The summed E-state index contributed by atoms with van der Waals surface area (Å²) in [7, 11) is 1.92. The van der Waals surface area contributed by atoms with Crippen molar-refractivity contribution in [2.45, 2.75) is 38.6 Å². The molecule has 4 heteroatoms. The molecule has 0 bridgehead atoms. The summed E-state index contributed by atoms with van der Waals surface area (Å²) in [6, 6.07) is 7.57. The molecule has 2 N–H and O–H groups in total. The minimum atomic E-state index is 0. The number of anilines is 1. The fourth-order valence-corrected chi connectivity index (χ4v) is 2.62. The van der Waals surface area contributed by atoms with E-state index in [0.717, 1.165) is 24.3 Å². The Balaban J connectivity index is 0.00000180. The lowest BCUT2D eigenvalue weighted by Gasteiger charge is -2.33. The average molecular weight is 283 g/mol. The minimum absolute atomic E-state index is 0. The lowest BCUT2D eigenvalue weighted by atomic mass is 9.86. The van der Waals surface area contributed by atoms with Crippen LogP contribution in [0.1, 0.15) is 43.0 Å². The molecule has 0 atom stereocenters. The largest absolute Gasteiger partial charge is 0.399 e. The maximum atomic E-state index is 12.3. The summed E-state index contributed by atoms with van der Waals surface area (Å²) in [5.41, 5.74) is 7.06. The highest BCUT2D eigenvalue weighted by Crippen LogP contribution is 2.27. The zero-order chi connectivity index (χ0) is 13.1. The number of amides is 1. The van der Waals surface area contributed by atoms with Crippen molar-refractivity contribution >= 4 is 24.0 Å². The number of halogens is 1. The van der Waals surface area contributed by atoms with Crippen molar-refractivity contribution in [2.75, 3.05) is 12.8 Å². The van der Waals surface area contributed by atoms with Crippen LogP contribution in [0.3, 0.4) is 0 Å². The van der Waals surface area contributed by atoms with Gasteiger partial charge in [-0.25, -0.2) is 0 Å². The van der Waals surface area contributed by atoms with E-state index in [1.807, 2.05) is 11.9 Å². The van der Waals surface area contributed by atoms with Gasteiger partial charge in [-0.2, -0.15) is 0 Å². The van der Waals surface area contributed by atoms with E-state index in [4.69, 9.17) is 5.73 Å². The molecule has 1 aromatic rings. The van der Waals surface area contributed by atoms with Crippen molar-refractivity contribution in [3.63, 3.8) is 0 Å². The summed E-state index contributed by atoms with van der Waals surface area (Å²) >= 11 is 0. The number of nitrogen functional groups attached to an aromatic ring is 1. The van der Waals surface area contributed by atoms with Gasteiger partial charge in [0.05, 0.1) is 0 Å². The van der Waals surface area contributed by atoms with Crippen LogP contribution in [0.15, 0.2) is 24.3 Å². The second kappa shape index (κ2) is 6.80. The summed E-state index contributed by atoms with van der Waals surface area (Å²) in [5.74, 6) is 0.913. The maximum Gasteiger partial charge on any atom is 0.253 e. The smallest absolute Gasteiger partial charge is 0.253 e. The van der Waals surface area contributed by atoms with Crippen LogP contribution in [-0.2, 0) is 0 Å². The standard InChI is InChI=1S/C15H22N2O.ClH/c1-11-3-9-14(10-4-11)17(2)15(18)12-5-7-13(16)8-6-12;/h5-8,11,14H,3-4,9-10,16H2,1-2H3;1H. The highest BCUT2D eigenvalue weighted by molar-refractivity contribution is 5.94. The van der Waals surface area contributed by atoms with Crippen LogP contribution in [0.5, 0.6) is 0 Å². The number of nitrogens with two attached hydrogens (primary N) is 1. The van der Waals surface area contributed by atoms with E-state index in [-0.39, 0.29) is 18.3 Å². The lowest BCUT2D eigenvalue weighted by molar-refractivity contribution is 0.0679. The van der Waals surface area contributed by atoms with Crippen LogP contribution in [-0.4, -0.2) is 23.9 Å². The fourth-order valence-electron chi connectivity index (χ4n) is 2.62. The maximum absolute atomic E-state index is 12.3. The Morgan fingerprint density at radius 3 is 2.21 bits per heavy atom. The molecule has 1 saturated carbocycles. The number of benzene rings is 1. The Labute approximate surface area is 121 Å². The number of carbonyl (C=O) groups excluding carboxylic acids is 1. The van der Waals surface area contributed by atoms with Gasteiger partial charge in [-0.05, 0) is 55.9 Å². The summed E-state index contributed by atoms with van der Waals surface area (Å²) in [5, 5.41) is 0. The Bertz CT molecular complexity index is 411. The first-order valence-corrected chi connectivity index (χ1v) is 6.70. The van der Waals surface area contributed by atoms with Crippen LogP contribution >= 0.6 is 12.4 Å². The quantitative estimate of drug-likeness (QED) is 0.846. The predicted molar refractivity (Wildman–Crippen MR) is 81.6 cm³/mol. The highest BCUT2D eigenvalue weighted by atomic mass is 35.5. The molecular weight excluding hydrogens is 260 g/mol. The highest BCUT2D eigenvalue weighted by Gasteiger charge is 2.25. The number of hydrogen-bond donors (Lipinski definition) is 1. The van der Waals surface area contributed by atoms with E-state index in [1.54, 1.807) is 24.3 Å². The first-order chi connectivity index (χ1) is 8.58. The molecule has 1 fully saturated rings. The van der Waals surface area contributed by atoms with Gasteiger partial charge in [-0.1, -0.05) is 6.92 Å². The van der Waals surface area contributed by atoms with Gasteiger partial charge < -0.3 is 10.6 Å². The van der Waals surface area contributed by atoms with E-state index in [2.05, 4.69) is 6.92 Å². The van der Waals surface area contributed by atoms with E-state index in [0.29, 0.717) is 11.7 Å². The van der Waals surface area contributed by atoms with Gasteiger partial charge in [-0.15, -0.1) is 12.4 Å². The van der Waals surface area contributed by atoms with E-state index >= 15 is 0 Å². The first-order valence-electron chi connectivity index (χ1n) is 6.70. The Hall–Kier alpha value is -1.22. The van der Waals surface area contributed by atoms with Crippen LogP contribution in [0.25, 0.3) is 0 Å². The molecule has 3 nitrogen and oxygen atoms in total. The van der Waals surface area contributed by atoms with Crippen molar-refractivity contribution in [1.82, 2.24) is 4.90 Å². The average Bonchev–Trinajstić information content (AvgIpc) is 2.39. The molecule has 1 aliphatic rings. The third-order valence-electron chi connectivity index (χ3n) is 4.01. The topological polar surface area (TPSA) is 46.3 Å². The van der Waals surface area contributed by atoms with Crippen LogP contribution < -0.4 is 5.73 Å². The first kappa shape index (κ1) is 15.8. The predicted octanol–water partition coefficient (Wildman–Crippen LogP) is 3.34. The summed E-state index contributed by atoms with van der Waals surface area (Å²) in [6.07, 6.45) is 4.70. The Kier molecular flexibility index (Phi) is 5.67. The van der Waals surface area contributed by atoms with Crippen molar-refractivity contribution in [1.29, 1.82) is 0 Å². The molecule has 0 aromatic heterocycles. The molecule has 1 amide bonds. The molecule has 0 spiro atoms. The Morgan fingerprint density at radius 2 is 1.68 bits per heavy atom. The van der Waals surface area contributed by atoms with E-state index in [9.17, 15) is 4.79 Å². The second-order valence-electron chi connectivity index (χ2n) is 5.45. The van der Waals surface area contributed by atoms with E-state index < -0.39 is 0 Å². The van der Waals surface area contributed by atoms with Crippen LogP contribution in [0, 0.1) is 5.92 Å². The molecule has 0 unspecified atom stereocenters. The second-order valence-corrected chi connectivity index (χ2v) is 5.45. The minimum Gasteiger partial charge on any atom is -0.399 e. The summed E-state index contributed by atoms with van der Waals surface area (Å²) < 4.78 is 0. The molecule has 0 radical (unpaired) electrons. The molecule has 0 aliphatic heterocycles. The third kappa shape index (κ3) is 3.87. The van der Waals surface area contributed by atoms with Gasteiger partial charge in [0.25, 0.3) is 5.91 Å². The van der Waals surface area contributed by atoms with Gasteiger partial charge >= 0.3 is 0 Å². The van der Waals surface area contributed by atoms with Gasteiger partial charge in [0.15, 0.2) is 0 Å². The molecule has 19 heavy (non-hydrogen) atoms. The van der Waals surface area contributed by atoms with E-state index in [1.165, 1.54) is 12.8 Å². The summed E-state index contributed by atoms with van der Waals surface area (Å²) in [4.78, 5) is 14.2. The SMILES string of the molecule is CC1CCC(N(C)C(=O)c2ccc(N)cc2)CC1.Cl.